The lowest BCUT2D eigenvalue weighted by molar-refractivity contribution is -0.384. The van der Waals surface area contributed by atoms with Crippen LogP contribution in [0.25, 0.3) is 0 Å². The van der Waals surface area contributed by atoms with Crippen LogP contribution < -0.4 is 10.6 Å². The number of nitrogens with one attached hydrogen (secondary N) is 2. The largest absolute Gasteiger partial charge is 0.478 e. The summed E-state index contributed by atoms with van der Waals surface area (Å²) in [5.74, 6) is -1.11. The number of nitro benzene ring substituents is 1. The number of carboxylic acids is 1. The van der Waals surface area contributed by atoms with Crippen molar-refractivity contribution in [3.63, 3.8) is 0 Å². The van der Waals surface area contributed by atoms with Gasteiger partial charge in [-0.1, -0.05) is 0 Å². The van der Waals surface area contributed by atoms with E-state index in [1.165, 1.54) is 12.1 Å². The van der Waals surface area contributed by atoms with Gasteiger partial charge in [-0.3, -0.25) is 14.9 Å². The first-order valence-electron chi connectivity index (χ1n) is 6.52. The molecule has 8 heteroatoms. The maximum Gasteiger partial charge on any atom is 0.338 e. The molecule has 0 atom stereocenters. The minimum absolute atomic E-state index is 0.0129. The van der Waals surface area contributed by atoms with Crippen LogP contribution in [-0.4, -0.2) is 35.0 Å². The van der Waals surface area contributed by atoms with E-state index >= 15 is 0 Å². The van der Waals surface area contributed by atoms with Gasteiger partial charge >= 0.3 is 5.97 Å². The average Bonchev–Trinajstić information content (AvgIpc) is 3.27. The first-order valence-corrected chi connectivity index (χ1v) is 6.52. The van der Waals surface area contributed by atoms with Crippen LogP contribution in [0.2, 0.25) is 0 Å². The number of amides is 1. The number of hydrogen-bond acceptors (Lipinski definition) is 5. The minimum atomic E-state index is -1.25. The van der Waals surface area contributed by atoms with Gasteiger partial charge in [0, 0.05) is 36.8 Å². The smallest absolute Gasteiger partial charge is 0.338 e. The quantitative estimate of drug-likeness (QED) is 0.395. The van der Waals surface area contributed by atoms with Gasteiger partial charge in [0.15, 0.2) is 0 Å². The molecule has 0 aromatic heterocycles. The van der Waals surface area contributed by atoms with Crippen LogP contribution in [0, 0.1) is 16.0 Å². The van der Waals surface area contributed by atoms with E-state index in [1.54, 1.807) is 0 Å². The fourth-order valence-electron chi connectivity index (χ4n) is 1.85. The van der Waals surface area contributed by atoms with Crippen molar-refractivity contribution >= 4 is 23.3 Å². The Morgan fingerprint density at radius 3 is 2.62 bits per heavy atom. The molecule has 1 fully saturated rings. The highest BCUT2D eigenvalue weighted by molar-refractivity contribution is 5.95. The number of non-ortho nitro benzene ring substituents is 1. The Bertz CT molecular complexity index is 583. The van der Waals surface area contributed by atoms with Crippen molar-refractivity contribution in [1.82, 2.24) is 5.32 Å². The summed E-state index contributed by atoms with van der Waals surface area (Å²) in [6, 6.07) is 3.59. The zero-order chi connectivity index (χ0) is 15.4. The Balaban J connectivity index is 1.93. The SMILES string of the molecule is O=C(O)c1cc([N+](=O)[O-])ccc1NCCNC(=O)C1CC1. The van der Waals surface area contributed by atoms with Crippen LogP contribution in [0.3, 0.4) is 0 Å². The minimum Gasteiger partial charge on any atom is -0.478 e. The Morgan fingerprint density at radius 1 is 1.33 bits per heavy atom. The van der Waals surface area contributed by atoms with E-state index in [9.17, 15) is 19.7 Å². The number of carbonyl (C=O) groups is 2. The monoisotopic (exact) mass is 293 g/mol. The third-order valence-electron chi connectivity index (χ3n) is 3.13. The third kappa shape index (κ3) is 3.91. The summed E-state index contributed by atoms with van der Waals surface area (Å²) in [5.41, 5.74) is -0.161. The molecule has 1 aliphatic carbocycles. The van der Waals surface area contributed by atoms with Gasteiger partial charge in [-0.05, 0) is 18.9 Å². The Morgan fingerprint density at radius 2 is 2.05 bits per heavy atom. The topological polar surface area (TPSA) is 122 Å². The van der Waals surface area contributed by atoms with Crippen molar-refractivity contribution in [1.29, 1.82) is 0 Å². The molecule has 112 valence electrons. The van der Waals surface area contributed by atoms with Crippen molar-refractivity contribution in [3.05, 3.63) is 33.9 Å². The maximum absolute atomic E-state index is 11.4. The van der Waals surface area contributed by atoms with E-state index in [4.69, 9.17) is 5.11 Å². The fourth-order valence-corrected chi connectivity index (χ4v) is 1.85. The van der Waals surface area contributed by atoms with Crippen LogP contribution in [-0.2, 0) is 4.79 Å². The second-order valence-corrected chi connectivity index (χ2v) is 4.78. The summed E-state index contributed by atoms with van der Waals surface area (Å²) >= 11 is 0. The van der Waals surface area contributed by atoms with Gasteiger partial charge in [-0.2, -0.15) is 0 Å². The molecule has 1 aromatic rings. The van der Waals surface area contributed by atoms with Crippen molar-refractivity contribution in [2.45, 2.75) is 12.8 Å². The molecule has 8 nitrogen and oxygen atoms in total. The Hall–Kier alpha value is -2.64. The molecule has 1 aliphatic rings. The molecule has 21 heavy (non-hydrogen) atoms. The number of hydrogen-bond donors (Lipinski definition) is 3. The van der Waals surface area contributed by atoms with Crippen molar-refractivity contribution in [2.75, 3.05) is 18.4 Å². The number of nitro groups is 1. The van der Waals surface area contributed by atoms with Gasteiger partial charge in [0.1, 0.15) is 0 Å². The highest BCUT2D eigenvalue weighted by Gasteiger charge is 2.29. The van der Waals surface area contributed by atoms with Crippen LogP contribution in [0.1, 0.15) is 23.2 Å². The Labute approximate surface area is 120 Å². The number of anilines is 1. The summed E-state index contributed by atoms with van der Waals surface area (Å²) in [4.78, 5) is 32.5. The fraction of sp³-hybridized carbons (Fsp3) is 0.385. The highest BCUT2D eigenvalue weighted by Crippen LogP contribution is 2.28. The van der Waals surface area contributed by atoms with E-state index in [2.05, 4.69) is 10.6 Å². The lowest BCUT2D eigenvalue weighted by Crippen LogP contribution is -2.30. The van der Waals surface area contributed by atoms with Crippen LogP contribution in [0.5, 0.6) is 0 Å². The molecule has 1 saturated carbocycles. The molecule has 0 bridgehead atoms. The molecule has 3 N–H and O–H groups in total. The van der Waals surface area contributed by atoms with Crippen LogP contribution >= 0.6 is 0 Å². The first-order chi connectivity index (χ1) is 9.99. The molecule has 0 spiro atoms. The van der Waals surface area contributed by atoms with Gasteiger partial charge in [-0.25, -0.2) is 4.79 Å². The summed E-state index contributed by atoms with van der Waals surface area (Å²) in [6.07, 6.45) is 1.84. The van der Waals surface area contributed by atoms with E-state index in [0.29, 0.717) is 13.1 Å². The van der Waals surface area contributed by atoms with Crippen LogP contribution in [0.15, 0.2) is 18.2 Å². The summed E-state index contributed by atoms with van der Waals surface area (Å²) in [7, 11) is 0. The highest BCUT2D eigenvalue weighted by atomic mass is 16.6. The van der Waals surface area contributed by atoms with Gasteiger partial charge in [0.25, 0.3) is 5.69 Å². The number of rotatable bonds is 7. The summed E-state index contributed by atoms with van der Waals surface area (Å²) < 4.78 is 0. The van der Waals surface area contributed by atoms with Crippen molar-refractivity contribution < 1.29 is 19.6 Å². The van der Waals surface area contributed by atoms with Gasteiger partial charge in [0.05, 0.1) is 10.5 Å². The van der Waals surface area contributed by atoms with Gasteiger partial charge < -0.3 is 15.7 Å². The number of carbonyl (C=O) groups excluding carboxylic acids is 1. The molecular formula is C13H15N3O5. The molecule has 0 unspecified atom stereocenters. The van der Waals surface area contributed by atoms with Gasteiger partial charge in [0.2, 0.25) is 5.91 Å². The molecular weight excluding hydrogens is 278 g/mol. The lowest BCUT2D eigenvalue weighted by atomic mass is 10.1. The third-order valence-corrected chi connectivity index (χ3v) is 3.13. The first kappa shape index (κ1) is 14.8. The van der Waals surface area contributed by atoms with Crippen LogP contribution in [0.4, 0.5) is 11.4 Å². The number of carboxylic acid groups (broad SMARTS) is 1. The average molecular weight is 293 g/mol. The zero-order valence-corrected chi connectivity index (χ0v) is 11.2. The lowest BCUT2D eigenvalue weighted by Gasteiger charge is -2.10. The second kappa shape index (κ2) is 6.21. The number of nitrogens with zero attached hydrogens (tertiary/aromatic N) is 1. The van der Waals surface area contributed by atoms with Gasteiger partial charge in [-0.15, -0.1) is 0 Å². The molecule has 0 saturated heterocycles. The molecule has 1 aromatic carbocycles. The Kier molecular flexibility index (Phi) is 4.36. The van der Waals surface area contributed by atoms with E-state index in [0.717, 1.165) is 18.9 Å². The summed E-state index contributed by atoms with van der Waals surface area (Å²) in [5, 5.41) is 25.3. The standard InChI is InChI=1S/C13H15N3O5/c17-12(8-1-2-8)15-6-5-14-11-4-3-9(16(20)21)7-10(11)13(18)19/h3-4,7-8,14H,1-2,5-6H2,(H,15,17)(H,18,19). The predicted molar refractivity (Wildman–Crippen MR) is 74.3 cm³/mol. The number of aromatic carboxylic acids is 1. The van der Waals surface area contributed by atoms with Crippen molar-refractivity contribution in [3.8, 4) is 0 Å². The maximum atomic E-state index is 11.4. The predicted octanol–water partition coefficient (Wildman–Crippen LogP) is 1.23. The van der Waals surface area contributed by atoms with E-state index in [1.807, 2.05) is 0 Å². The summed E-state index contributed by atoms with van der Waals surface area (Å²) in [6.45, 7) is 0.710. The normalized spacial score (nSPS) is 13.5. The molecule has 2 rings (SSSR count). The molecule has 0 aliphatic heterocycles. The number of benzene rings is 1. The van der Waals surface area contributed by atoms with Crippen molar-refractivity contribution in [2.24, 2.45) is 5.92 Å². The van der Waals surface area contributed by atoms with E-state index < -0.39 is 10.9 Å². The molecule has 1 amide bonds. The molecule has 0 radical (unpaired) electrons. The zero-order valence-electron chi connectivity index (χ0n) is 11.2. The van der Waals surface area contributed by atoms with E-state index in [-0.39, 0.29) is 28.8 Å². The molecule has 0 heterocycles. The second-order valence-electron chi connectivity index (χ2n) is 4.78.